The molecule has 1 unspecified atom stereocenters. The Morgan fingerprint density at radius 3 is 2.27 bits per heavy atom. The Kier molecular flexibility index (Phi) is 6.17. The van der Waals surface area contributed by atoms with Gasteiger partial charge in [-0.25, -0.2) is 13.1 Å². The molecule has 0 aliphatic rings. The molecule has 1 amide bonds. The van der Waals surface area contributed by atoms with Crippen molar-refractivity contribution in [2.75, 3.05) is 13.6 Å². The maximum absolute atomic E-state index is 12.5. The van der Waals surface area contributed by atoms with Crippen molar-refractivity contribution in [1.82, 2.24) is 9.62 Å². The van der Waals surface area contributed by atoms with Crippen molar-refractivity contribution >= 4 is 15.9 Å². The molecule has 0 radical (unpaired) electrons. The third-order valence-electron chi connectivity index (χ3n) is 4.01. The van der Waals surface area contributed by atoms with Gasteiger partial charge in [0, 0.05) is 20.1 Å². The first-order valence-electron chi connectivity index (χ1n) is 8.20. The molecule has 0 fully saturated rings. The zero-order valence-electron chi connectivity index (χ0n) is 15.1. The van der Waals surface area contributed by atoms with E-state index in [1.54, 1.807) is 19.2 Å². The highest BCUT2D eigenvalue weighted by Gasteiger charge is 2.34. The fraction of sp³-hybridized carbons (Fsp3) is 0.316. The highest BCUT2D eigenvalue weighted by Crippen LogP contribution is 2.14. The number of carbonyl (C=O) groups is 1. The zero-order valence-corrected chi connectivity index (χ0v) is 16.0. The quantitative estimate of drug-likeness (QED) is 0.770. The molecule has 2 aromatic carbocycles. The van der Waals surface area contributed by atoms with Gasteiger partial charge >= 0.3 is 0 Å². The zero-order chi connectivity index (χ0) is 19.4. The number of aryl methyl sites for hydroxylation is 1. The van der Waals surface area contributed by atoms with Crippen LogP contribution in [0.1, 0.15) is 18.1 Å². The number of hydrogen-bond acceptors (Lipinski definition) is 4. The van der Waals surface area contributed by atoms with Crippen LogP contribution < -0.4 is 4.72 Å². The molecule has 140 valence electrons. The van der Waals surface area contributed by atoms with Crippen molar-refractivity contribution in [2.45, 2.75) is 30.9 Å². The lowest BCUT2D eigenvalue weighted by molar-refractivity contribution is -0.148. The van der Waals surface area contributed by atoms with Gasteiger partial charge in [0.15, 0.2) is 5.60 Å². The summed E-state index contributed by atoms with van der Waals surface area (Å²) in [6.07, 6.45) is 0. The van der Waals surface area contributed by atoms with Crippen molar-refractivity contribution in [3.8, 4) is 0 Å². The van der Waals surface area contributed by atoms with Gasteiger partial charge in [0.1, 0.15) is 0 Å². The van der Waals surface area contributed by atoms with E-state index < -0.39 is 28.1 Å². The lowest BCUT2D eigenvalue weighted by atomic mass is 10.1. The number of benzene rings is 2. The Bertz CT molecular complexity index is 847. The minimum atomic E-state index is -3.81. The summed E-state index contributed by atoms with van der Waals surface area (Å²) < 4.78 is 27.0. The maximum Gasteiger partial charge on any atom is 0.255 e. The van der Waals surface area contributed by atoms with Crippen LogP contribution in [0.2, 0.25) is 0 Å². The molecule has 1 atom stereocenters. The van der Waals surface area contributed by atoms with Gasteiger partial charge in [-0.2, -0.15) is 0 Å². The predicted octanol–water partition coefficient (Wildman–Crippen LogP) is 1.68. The average Bonchev–Trinajstić information content (AvgIpc) is 2.61. The normalized spacial score (nSPS) is 13.8. The SMILES string of the molecule is Cc1ccc(S(=O)(=O)NCC(C)(O)C(=O)N(C)Cc2ccccc2)cc1. The first kappa shape index (κ1) is 20.1. The summed E-state index contributed by atoms with van der Waals surface area (Å²) in [5.41, 5.74) is -0.00515. The van der Waals surface area contributed by atoms with Crippen molar-refractivity contribution in [3.05, 3.63) is 65.7 Å². The summed E-state index contributed by atoms with van der Waals surface area (Å²) in [7, 11) is -2.24. The Labute approximate surface area is 154 Å². The van der Waals surface area contributed by atoms with E-state index in [1.807, 2.05) is 37.3 Å². The number of nitrogens with one attached hydrogen (secondary N) is 1. The molecule has 7 heteroatoms. The van der Waals surface area contributed by atoms with E-state index in [-0.39, 0.29) is 4.90 Å². The third-order valence-corrected chi connectivity index (χ3v) is 5.42. The first-order valence-corrected chi connectivity index (χ1v) is 9.68. The van der Waals surface area contributed by atoms with E-state index in [1.165, 1.54) is 24.0 Å². The van der Waals surface area contributed by atoms with E-state index in [9.17, 15) is 18.3 Å². The van der Waals surface area contributed by atoms with Crippen LogP contribution in [0.3, 0.4) is 0 Å². The molecule has 0 heterocycles. The Morgan fingerprint density at radius 2 is 1.69 bits per heavy atom. The molecule has 2 N–H and O–H groups in total. The molecule has 0 saturated heterocycles. The Balaban J connectivity index is 2.02. The van der Waals surface area contributed by atoms with Gasteiger partial charge in [-0.3, -0.25) is 4.79 Å². The van der Waals surface area contributed by atoms with Gasteiger partial charge in [0.25, 0.3) is 5.91 Å². The average molecular weight is 376 g/mol. The van der Waals surface area contributed by atoms with Gasteiger partial charge < -0.3 is 10.0 Å². The van der Waals surface area contributed by atoms with Crippen LogP contribution in [-0.4, -0.2) is 43.5 Å². The second-order valence-electron chi connectivity index (χ2n) is 6.56. The summed E-state index contributed by atoms with van der Waals surface area (Å²) >= 11 is 0. The Morgan fingerprint density at radius 1 is 1.12 bits per heavy atom. The van der Waals surface area contributed by atoms with Gasteiger partial charge in [-0.15, -0.1) is 0 Å². The van der Waals surface area contributed by atoms with E-state index in [2.05, 4.69) is 4.72 Å². The lowest BCUT2D eigenvalue weighted by Crippen LogP contribution is -2.52. The summed E-state index contributed by atoms with van der Waals surface area (Å²) in [5.74, 6) is -0.562. The first-order chi connectivity index (χ1) is 12.1. The van der Waals surface area contributed by atoms with Crippen molar-refractivity contribution in [2.24, 2.45) is 0 Å². The van der Waals surface area contributed by atoms with Crippen LogP contribution in [0.15, 0.2) is 59.5 Å². The fourth-order valence-corrected chi connectivity index (χ4v) is 3.58. The third kappa shape index (κ3) is 5.14. The second-order valence-corrected chi connectivity index (χ2v) is 8.33. The molecule has 0 spiro atoms. The van der Waals surface area contributed by atoms with E-state index in [4.69, 9.17) is 0 Å². The number of carbonyl (C=O) groups excluding carboxylic acids is 1. The molecule has 2 aromatic rings. The van der Waals surface area contributed by atoms with E-state index in [0.29, 0.717) is 6.54 Å². The Hall–Kier alpha value is -2.22. The number of likely N-dealkylation sites (N-methyl/N-ethyl adjacent to an activating group) is 1. The summed E-state index contributed by atoms with van der Waals surface area (Å²) in [6, 6.07) is 15.7. The van der Waals surface area contributed by atoms with Crippen molar-refractivity contribution in [3.63, 3.8) is 0 Å². The lowest BCUT2D eigenvalue weighted by Gasteiger charge is -2.28. The highest BCUT2D eigenvalue weighted by molar-refractivity contribution is 7.89. The number of amides is 1. The van der Waals surface area contributed by atoms with Crippen molar-refractivity contribution < 1.29 is 18.3 Å². The summed E-state index contributed by atoms with van der Waals surface area (Å²) in [4.78, 5) is 14.0. The van der Waals surface area contributed by atoms with E-state index in [0.717, 1.165) is 11.1 Å². The molecule has 0 aliphatic heterocycles. The molecule has 6 nitrogen and oxygen atoms in total. The number of hydrogen-bond donors (Lipinski definition) is 2. The highest BCUT2D eigenvalue weighted by atomic mass is 32.2. The second kappa shape index (κ2) is 7.99. The minimum absolute atomic E-state index is 0.0870. The van der Waals surface area contributed by atoms with E-state index >= 15 is 0 Å². The van der Waals surface area contributed by atoms with Gasteiger partial charge in [-0.05, 0) is 31.5 Å². The number of sulfonamides is 1. The molecule has 0 bridgehead atoms. The molecule has 0 aliphatic carbocycles. The van der Waals surface area contributed by atoms with Gasteiger partial charge in [0.05, 0.1) is 4.90 Å². The van der Waals surface area contributed by atoms with Crippen LogP contribution in [-0.2, 0) is 21.4 Å². The smallest absolute Gasteiger partial charge is 0.255 e. The molecular weight excluding hydrogens is 352 g/mol. The molecule has 0 aromatic heterocycles. The van der Waals surface area contributed by atoms with Crippen LogP contribution >= 0.6 is 0 Å². The van der Waals surface area contributed by atoms with Gasteiger partial charge in [-0.1, -0.05) is 48.0 Å². The topological polar surface area (TPSA) is 86.7 Å². The number of nitrogens with zero attached hydrogens (tertiary/aromatic N) is 1. The monoisotopic (exact) mass is 376 g/mol. The minimum Gasteiger partial charge on any atom is -0.379 e. The standard InChI is InChI=1S/C19H24N2O4S/c1-15-9-11-17(12-10-15)26(24,25)20-14-19(2,23)18(22)21(3)13-16-7-5-4-6-8-16/h4-12,20,23H,13-14H2,1-3H3. The summed E-state index contributed by atoms with van der Waals surface area (Å²) in [6.45, 7) is 3.06. The van der Waals surface area contributed by atoms with Crippen molar-refractivity contribution in [1.29, 1.82) is 0 Å². The molecular formula is C19H24N2O4S. The number of aliphatic hydroxyl groups is 1. The van der Waals surface area contributed by atoms with Gasteiger partial charge in [0.2, 0.25) is 10.0 Å². The fourth-order valence-electron chi connectivity index (χ4n) is 2.45. The van der Waals surface area contributed by atoms with Crippen LogP contribution in [0, 0.1) is 6.92 Å². The largest absolute Gasteiger partial charge is 0.379 e. The van der Waals surface area contributed by atoms with Crippen LogP contribution in [0.5, 0.6) is 0 Å². The molecule has 2 rings (SSSR count). The van der Waals surface area contributed by atoms with Crippen LogP contribution in [0.4, 0.5) is 0 Å². The molecule has 26 heavy (non-hydrogen) atoms. The maximum atomic E-state index is 12.5. The molecule has 0 saturated carbocycles. The predicted molar refractivity (Wildman–Crippen MR) is 99.9 cm³/mol. The number of rotatable bonds is 7. The summed E-state index contributed by atoms with van der Waals surface area (Å²) in [5, 5.41) is 10.5. The van der Waals surface area contributed by atoms with Crippen LogP contribution in [0.25, 0.3) is 0 Å².